The Morgan fingerprint density at radius 3 is 2.74 bits per heavy atom. The number of amides is 3. The first-order chi connectivity index (χ1) is 15.0. The molecule has 3 amide bonds. The number of nitrogens with zero attached hydrogens (tertiary/aromatic N) is 1. The number of anilines is 2. The molecule has 31 heavy (non-hydrogen) atoms. The van der Waals surface area contributed by atoms with Crippen LogP contribution in [0.2, 0.25) is 0 Å². The zero-order chi connectivity index (χ0) is 21.8. The summed E-state index contributed by atoms with van der Waals surface area (Å²) in [5, 5.41) is 14.8. The lowest BCUT2D eigenvalue weighted by Crippen LogP contribution is -2.40. The van der Waals surface area contributed by atoms with Crippen molar-refractivity contribution in [2.24, 2.45) is 5.92 Å². The van der Waals surface area contributed by atoms with Crippen LogP contribution >= 0.6 is 0 Å². The van der Waals surface area contributed by atoms with Crippen LogP contribution < -0.4 is 24.8 Å². The fourth-order valence-corrected chi connectivity index (χ4v) is 3.59. The summed E-state index contributed by atoms with van der Waals surface area (Å²) in [5.41, 5.74) is 1.27. The van der Waals surface area contributed by atoms with Crippen molar-refractivity contribution in [1.29, 1.82) is 0 Å². The molecule has 0 saturated carbocycles. The molecule has 0 saturated heterocycles. The van der Waals surface area contributed by atoms with Gasteiger partial charge in [0.05, 0.1) is 24.5 Å². The molecular formula is C22H25N3O6. The average molecular weight is 427 g/mol. The third kappa shape index (κ3) is 4.66. The minimum atomic E-state index is -0.483. The molecule has 0 spiro atoms. The molecule has 9 nitrogen and oxygen atoms in total. The van der Waals surface area contributed by atoms with Crippen LogP contribution in [0, 0.1) is 5.92 Å². The average Bonchev–Trinajstić information content (AvgIpc) is 2.76. The first kappa shape index (κ1) is 20.8. The van der Waals surface area contributed by atoms with Crippen molar-refractivity contribution in [3.8, 4) is 17.2 Å². The Bertz CT molecular complexity index is 980. The van der Waals surface area contributed by atoms with Crippen LogP contribution in [0.1, 0.15) is 17.3 Å². The Labute approximate surface area is 179 Å². The number of ether oxygens (including phenoxy) is 3. The molecule has 1 atom stereocenters. The molecule has 9 heteroatoms. The Morgan fingerprint density at radius 1 is 1.13 bits per heavy atom. The molecule has 0 aromatic heterocycles. The number of nitrogens with one attached hydrogen (secondary N) is 2. The summed E-state index contributed by atoms with van der Waals surface area (Å²) < 4.78 is 16.9. The lowest BCUT2D eigenvalue weighted by Gasteiger charge is -2.30. The maximum absolute atomic E-state index is 13.0. The number of hydrogen-bond acceptors (Lipinski definition) is 6. The van der Waals surface area contributed by atoms with Crippen molar-refractivity contribution in [2.75, 3.05) is 50.2 Å². The number of hydrogen-bond donors (Lipinski definition) is 3. The number of benzene rings is 2. The number of β-amino-alcohol motifs (C(OH)–C–C–N with tert-alkyl or cyclic N) is 1. The van der Waals surface area contributed by atoms with E-state index in [0.29, 0.717) is 60.6 Å². The maximum atomic E-state index is 13.0. The second-order valence-electron chi connectivity index (χ2n) is 7.51. The molecule has 0 radical (unpaired) electrons. The van der Waals surface area contributed by atoms with Gasteiger partial charge in [0.25, 0.3) is 5.91 Å². The summed E-state index contributed by atoms with van der Waals surface area (Å²) in [6.07, 6.45) is 0. The third-order valence-corrected chi connectivity index (χ3v) is 5.00. The highest BCUT2D eigenvalue weighted by molar-refractivity contribution is 6.04. The normalized spacial score (nSPS) is 17.7. The first-order valence-electron chi connectivity index (χ1n) is 10.2. The van der Waals surface area contributed by atoms with Crippen molar-refractivity contribution in [3.63, 3.8) is 0 Å². The number of aliphatic hydroxyl groups is 1. The summed E-state index contributed by atoms with van der Waals surface area (Å²) in [6.45, 7) is 3.90. The lowest BCUT2D eigenvalue weighted by molar-refractivity contribution is 0.0645. The van der Waals surface area contributed by atoms with Gasteiger partial charge in [-0.2, -0.15) is 0 Å². The van der Waals surface area contributed by atoms with Crippen LogP contribution in [-0.2, 0) is 0 Å². The van der Waals surface area contributed by atoms with Gasteiger partial charge in [-0.1, -0.05) is 13.0 Å². The molecule has 0 fully saturated rings. The van der Waals surface area contributed by atoms with Crippen LogP contribution in [0.4, 0.5) is 16.2 Å². The SMILES string of the molecule is CC1COc2c(NC(=O)Nc3ccc4c(c3)OCCO4)cccc2C(=O)N(CCO)C1. The van der Waals surface area contributed by atoms with E-state index in [1.807, 2.05) is 6.92 Å². The minimum absolute atomic E-state index is 0.0725. The second kappa shape index (κ2) is 9.13. The minimum Gasteiger partial charge on any atom is -0.490 e. The Morgan fingerprint density at radius 2 is 1.94 bits per heavy atom. The smallest absolute Gasteiger partial charge is 0.323 e. The quantitative estimate of drug-likeness (QED) is 0.692. The first-order valence-corrected chi connectivity index (χ1v) is 10.2. The Kier molecular flexibility index (Phi) is 6.13. The van der Waals surface area contributed by atoms with Gasteiger partial charge in [-0.15, -0.1) is 0 Å². The molecule has 164 valence electrons. The van der Waals surface area contributed by atoms with Gasteiger partial charge < -0.3 is 34.9 Å². The molecule has 0 bridgehead atoms. The van der Waals surface area contributed by atoms with Crippen LogP contribution in [0.5, 0.6) is 17.2 Å². The van der Waals surface area contributed by atoms with Crippen molar-refractivity contribution in [3.05, 3.63) is 42.0 Å². The molecule has 3 N–H and O–H groups in total. The maximum Gasteiger partial charge on any atom is 0.323 e. The van der Waals surface area contributed by atoms with Gasteiger partial charge in [-0.25, -0.2) is 4.79 Å². The van der Waals surface area contributed by atoms with E-state index in [2.05, 4.69) is 10.6 Å². The summed E-state index contributed by atoms with van der Waals surface area (Å²) >= 11 is 0. The molecule has 4 rings (SSSR count). The number of rotatable bonds is 4. The summed E-state index contributed by atoms with van der Waals surface area (Å²) in [4.78, 5) is 27.2. The number of aliphatic hydroxyl groups excluding tert-OH is 1. The van der Waals surface area contributed by atoms with Gasteiger partial charge >= 0.3 is 6.03 Å². The fraction of sp³-hybridized carbons (Fsp3) is 0.364. The van der Waals surface area contributed by atoms with E-state index in [1.165, 1.54) is 0 Å². The summed E-state index contributed by atoms with van der Waals surface area (Å²) in [5.74, 6) is 1.35. The fourth-order valence-electron chi connectivity index (χ4n) is 3.59. The largest absolute Gasteiger partial charge is 0.490 e. The van der Waals surface area contributed by atoms with Crippen molar-refractivity contribution < 1.29 is 28.9 Å². The number of carbonyl (C=O) groups is 2. The topological polar surface area (TPSA) is 109 Å². The highest BCUT2D eigenvalue weighted by Gasteiger charge is 2.27. The second-order valence-corrected chi connectivity index (χ2v) is 7.51. The predicted octanol–water partition coefficient (Wildman–Crippen LogP) is 2.56. The number of para-hydroxylation sites is 1. The summed E-state index contributed by atoms with van der Waals surface area (Å²) in [7, 11) is 0. The van der Waals surface area contributed by atoms with Gasteiger partial charge in [0.2, 0.25) is 0 Å². The molecule has 2 heterocycles. The molecular weight excluding hydrogens is 402 g/mol. The van der Waals surface area contributed by atoms with Gasteiger partial charge in [-0.3, -0.25) is 4.79 Å². The van der Waals surface area contributed by atoms with Crippen molar-refractivity contribution in [1.82, 2.24) is 4.90 Å². The van der Waals surface area contributed by atoms with Crippen LogP contribution in [0.15, 0.2) is 36.4 Å². The van der Waals surface area contributed by atoms with E-state index in [4.69, 9.17) is 14.2 Å². The van der Waals surface area contributed by atoms with Crippen LogP contribution in [0.3, 0.4) is 0 Å². The van der Waals surface area contributed by atoms with Crippen LogP contribution in [0.25, 0.3) is 0 Å². The number of fused-ring (bicyclic) bond motifs is 2. The zero-order valence-electron chi connectivity index (χ0n) is 17.2. The van der Waals surface area contributed by atoms with E-state index >= 15 is 0 Å². The van der Waals surface area contributed by atoms with Crippen LogP contribution in [-0.4, -0.2) is 61.5 Å². The van der Waals surface area contributed by atoms with E-state index in [9.17, 15) is 14.7 Å². The summed E-state index contributed by atoms with van der Waals surface area (Å²) in [6, 6.07) is 9.68. The van der Waals surface area contributed by atoms with Crippen molar-refractivity contribution >= 4 is 23.3 Å². The van der Waals surface area contributed by atoms with E-state index in [-0.39, 0.29) is 25.0 Å². The number of urea groups is 1. The van der Waals surface area contributed by atoms with E-state index < -0.39 is 6.03 Å². The lowest BCUT2D eigenvalue weighted by atomic mass is 10.1. The highest BCUT2D eigenvalue weighted by atomic mass is 16.6. The number of carbonyl (C=O) groups excluding carboxylic acids is 2. The predicted molar refractivity (Wildman–Crippen MR) is 114 cm³/mol. The molecule has 1 unspecified atom stereocenters. The standard InChI is InChI=1S/C22H25N3O6/c1-14-12-25(7-8-26)21(27)16-3-2-4-17(20(16)31-13-14)24-22(28)23-15-5-6-18-19(11-15)30-10-9-29-18/h2-6,11,14,26H,7-10,12-13H2,1H3,(H2,23,24,28). The van der Waals surface area contributed by atoms with Gasteiger partial charge in [-0.05, 0) is 24.3 Å². The zero-order valence-corrected chi connectivity index (χ0v) is 17.2. The molecule has 2 aliphatic rings. The van der Waals surface area contributed by atoms with E-state index in [1.54, 1.807) is 41.3 Å². The van der Waals surface area contributed by atoms with Gasteiger partial charge in [0.1, 0.15) is 13.2 Å². The van der Waals surface area contributed by atoms with Gasteiger partial charge in [0, 0.05) is 30.8 Å². The molecule has 2 aromatic carbocycles. The third-order valence-electron chi connectivity index (χ3n) is 5.00. The van der Waals surface area contributed by atoms with Crippen molar-refractivity contribution in [2.45, 2.75) is 6.92 Å². The Hall–Kier alpha value is -3.46. The monoisotopic (exact) mass is 427 g/mol. The van der Waals surface area contributed by atoms with E-state index in [0.717, 1.165) is 0 Å². The molecule has 2 aromatic rings. The van der Waals surface area contributed by atoms with Gasteiger partial charge in [0.15, 0.2) is 17.2 Å². The molecule has 0 aliphatic carbocycles. The Balaban J connectivity index is 1.53. The molecule has 2 aliphatic heterocycles. The highest BCUT2D eigenvalue weighted by Crippen LogP contribution is 2.34.